The van der Waals surface area contributed by atoms with Crippen molar-refractivity contribution >= 4 is 21.8 Å². The Morgan fingerprint density at radius 1 is 1.30 bits per heavy atom. The van der Waals surface area contributed by atoms with Crippen LogP contribution >= 0.6 is 15.9 Å². The van der Waals surface area contributed by atoms with Crippen molar-refractivity contribution in [2.75, 3.05) is 0 Å². The first-order chi connectivity index (χ1) is 9.38. The molecule has 1 aromatic carbocycles. The lowest BCUT2D eigenvalue weighted by Gasteiger charge is -2.07. The van der Waals surface area contributed by atoms with Crippen LogP contribution in [0.25, 0.3) is 0 Å². The number of hydrogen-bond acceptors (Lipinski definition) is 2. The monoisotopic (exact) mass is 335 g/mol. The Morgan fingerprint density at radius 2 is 2.00 bits per heavy atom. The Labute approximate surface area is 127 Å². The van der Waals surface area contributed by atoms with Crippen LogP contribution in [0.4, 0.5) is 0 Å². The molecule has 0 atom stereocenters. The molecule has 0 bridgehead atoms. The van der Waals surface area contributed by atoms with Gasteiger partial charge in [0.05, 0.1) is 5.69 Å². The molecule has 0 aliphatic carbocycles. The summed E-state index contributed by atoms with van der Waals surface area (Å²) >= 11 is 3.41. The lowest BCUT2D eigenvalue weighted by molar-refractivity contribution is 0.0950. The maximum atomic E-state index is 12.2. The number of nitrogens with zero attached hydrogens (tertiary/aromatic N) is 2. The van der Waals surface area contributed by atoms with Gasteiger partial charge in [0.1, 0.15) is 0 Å². The highest BCUT2D eigenvalue weighted by molar-refractivity contribution is 9.10. The summed E-state index contributed by atoms with van der Waals surface area (Å²) < 4.78 is 2.75. The van der Waals surface area contributed by atoms with Crippen LogP contribution in [-0.4, -0.2) is 15.7 Å². The first-order valence-electron chi connectivity index (χ1n) is 6.43. The van der Waals surface area contributed by atoms with E-state index in [0.29, 0.717) is 12.1 Å². The minimum atomic E-state index is -0.0722. The van der Waals surface area contributed by atoms with Crippen molar-refractivity contribution in [1.29, 1.82) is 0 Å². The number of hydrogen-bond donors (Lipinski definition) is 1. The third-order valence-electron chi connectivity index (χ3n) is 3.39. The van der Waals surface area contributed by atoms with E-state index in [1.54, 1.807) is 0 Å². The third-order valence-corrected chi connectivity index (χ3v) is 3.85. The molecule has 4 nitrogen and oxygen atoms in total. The van der Waals surface area contributed by atoms with Crippen LogP contribution in [0, 0.1) is 20.8 Å². The molecule has 0 fully saturated rings. The van der Waals surface area contributed by atoms with Crippen LogP contribution < -0.4 is 5.32 Å². The average Bonchev–Trinajstić information content (AvgIpc) is 2.60. The van der Waals surface area contributed by atoms with Crippen LogP contribution in [0.15, 0.2) is 22.7 Å². The lowest BCUT2D eigenvalue weighted by Crippen LogP contribution is -2.23. The van der Waals surface area contributed by atoms with Crippen molar-refractivity contribution in [2.24, 2.45) is 7.05 Å². The predicted molar refractivity (Wildman–Crippen MR) is 82.7 cm³/mol. The number of rotatable bonds is 3. The van der Waals surface area contributed by atoms with E-state index in [1.807, 2.05) is 50.7 Å². The fourth-order valence-electron chi connectivity index (χ4n) is 2.21. The van der Waals surface area contributed by atoms with E-state index < -0.39 is 0 Å². The maximum Gasteiger partial charge on any atom is 0.251 e. The SMILES string of the molecule is Cc1cc(Br)cc(C(=O)NCc2c(C)nn(C)c2C)c1. The molecule has 1 amide bonds. The van der Waals surface area contributed by atoms with Gasteiger partial charge in [-0.05, 0) is 44.5 Å². The molecule has 20 heavy (non-hydrogen) atoms. The van der Waals surface area contributed by atoms with Gasteiger partial charge < -0.3 is 5.32 Å². The molecule has 5 heteroatoms. The second kappa shape index (κ2) is 5.79. The first-order valence-corrected chi connectivity index (χ1v) is 7.22. The summed E-state index contributed by atoms with van der Waals surface area (Å²) in [6.07, 6.45) is 0. The number of amides is 1. The van der Waals surface area contributed by atoms with Crippen molar-refractivity contribution in [2.45, 2.75) is 27.3 Å². The third kappa shape index (κ3) is 3.10. The van der Waals surface area contributed by atoms with Crippen LogP contribution in [0.5, 0.6) is 0 Å². The van der Waals surface area contributed by atoms with Crippen LogP contribution in [-0.2, 0) is 13.6 Å². The number of halogens is 1. The lowest BCUT2D eigenvalue weighted by atomic mass is 10.1. The number of aromatic nitrogens is 2. The number of benzene rings is 1. The minimum Gasteiger partial charge on any atom is -0.348 e. The van der Waals surface area contributed by atoms with Gasteiger partial charge in [-0.2, -0.15) is 5.10 Å². The van der Waals surface area contributed by atoms with Crippen LogP contribution in [0.3, 0.4) is 0 Å². The van der Waals surface area contributed by atoms with E-state index in [4.69, 9.17) is 0 Å². The average molecular weight is 336 g/mol. The molecule has 1 N–H and O–H groups in total. The van der Waals surface area contributed by atoms with Crippen molar-refractivity contribution in [3.05, 3.63) is 50.8 Å². The zero-order valence-corrected chi connectivity index (χ0v) is 13.7. The van der Waals surface area contributed by atoms with E-state index in [-0.39, 0.29) is 5.91 Å². The van der Waals surface area contributed by atoms with Gasteiger partial charge >= 0.3 is 0 Å². The highest BCUT2D eigenvalue weighted by Gasteiger charge is 2.12. The topological polar surface area (TPSA) is 46.9 Å². The van der Waals surface area contributed by atoms with Gasteiger partial charge in [-0.25, -0.2) is 0 Å². The zero-order chi connectivity index (χ0) is 14.9. The Hall–Kier alpha value is -1.62. The normalized spacial score (nSPS) is 10.7. The quantitative estimate of drug-likeness (QED) is 0.937. The van der Waals surface area contributed by atoms with E-state index in [9.17, 15) is 4.79 Å². The summed E-state index contributed by atoms with van der Waals surface area (Å²) in [6.45, 7) is 6.43. The molecule has 2 rings (SSSR count). The van der Waals surface area contributed by atoms with Crippen LogP contribution in [0.1, 0.15) is 32.9 Å². The molecule has 0 unspecified atom stereocenters. The van der Waals surface area contributed by atoms with Gasteiger partial charge in [-0.3, -0.25) is 9.48 Å². The number of carbonyl (C=O) groups excluding carboxylic acids is 1. The molecule has 0 aliphatic rings. The molecule has 0 spiro atoms. The second-order valence-electron chi connectivity index (χ2n) is 4.97. The van der Waals surface area contributed by atoms with E-state index in [1.165, 1.54) is 0 Å². The maximum absolute atomic E-state index is 12.2. The van der Waals surface area contributed by atoms with Crippen molar-refractivity contribution in [3.8, 4) is 0 Å². The van der Waals surface area contributed by atoms with Crippen molar-refractivity contribution in [1.82, 2.24) is 15.1 Å². The Morgan fingerprint density at radius 3 is 2.55 bits per heavy atom. The van der Waals surface area contributed by atoms with Crippen molar-refractivity contribution < 1.29 is 4.79 Å². The highest BCUT2D eigenvalue weighted by Crippen LogP contribution is 2.16. The summed E-state index contributed by atoms with van der Waals surface area (Å²) in [5.74, 6) is -0.0722. The summed E-state index contributed by atoms with van der Waals surface area (Å²) in [5, 5.41) is 7.30. The first kappa shape index (κ1) is 14.8. The molecule has 1 aromatic heterocycles. The fourth-order valence-corrected chi connectivity index (χ4v) is 2.82. The standard InChI is InChI=1S/C15H18BrN3O/c1-9-5-12(7-13(16)6-9)15(20)17-8-14-10(2)18-19(4)11(14)3/h5-7H,8H2,1-4H3,(H,17,20). The van der Waals surface area contributed by atoms with Gasteiger partial charge in [0.15, 0.2) is 0 Å². The summed E-state index contributed by atoms with van der Waals surface area (Å²) in [5.41, 5.74) is 4.82. The fraction of sp³-hybridized carbons (Fsp3) is 0.333. The second-order valence-corrected chi connectivity index (χ2v) is 5.89. The molecule has 0 radical (unpaired) electrons. The van der Waals surface area contributed by atoms with Crippen LogP contribution in [0.2, 0.25) is 0 Å². The Kier molecular flexibility index (Phi) is 4.28. The Balaban J connectivity index is 2.12. The smallest absolute Gasteiger partial charge is 0.251 e. The van der Waals surface area contributed by atoms with Gasteiger partial charge in [-0.15, -0.1) is 0 Å². The number of nitrogens with one attached hydrogen (secondary N) is 1. The van der Waals surface area contributed by atoms with E-state index in [2.05, 4.69) is 26.3 Å². The van der Waals surface area contributed by atoms with E-state index in [0.717, 1.165) is 27.0 Å². The Bertz CT molecular complexity index is 641. The molecule has 106 valence electrons. The molecule has 0 saturated heterocycles. The highest BCUT2D eigenvalue weighted by atomic mass is 79.9. The summed E-state index contributed by atoms with van der Waals surface area (Å²) in [6, 6.07) is 5.68. The van der Waals surface area contributed by atoms with Gasteiger partial charge in [0, 0.05) is 34.9 Å². The zero-order valence-electron chi connectivity index (χ0n) is 12.1. The van der Waals surface area contributed by atoms with Gasteiger partial charge in [0.25, 0.3) is 5.91 Å². The molecule has 0 aliphatic heterocycles. The van der Waals surface area contributed by atoms with Gasteiger partial charge in [-0.1, -0.05) is 15.9 Å². The van der Waals surface area contributed by atoms with Gasteiger partial charge in [0.2, 0.25) is 0 Å². The van der Waals surface area contributed by atoms with E-state index >= 15 is 0 Å². The largest absolute Gasteiger partial charge is 0.348 e. The predicted octanol–water partition coefficient (Wildman–Crippen LogP) is 3.04. The number of carbonyl (C=O) groups is 1. The molecule has 2 aromatic rings. The molecular formula is C15H18BrN3O. The van der Waals surface area contributed by atoms with Crippen molar-refractivity contribution in [3.63, 3.8) is 0 Å². The summed E-state index contributed by atoms with van der Waals surface area (Å²) in [7, 11) is 1.91. The minimum absolute atomic E-state index is 0.0722. The molecule has 0 saturated carbocycles. The summed E-state index contributed by atoms with van der Waals surface area (Å²) in [4.78, 5) is 12.2. The molecular weight excluding hydrogens is 318 g/mol. The molecule has 1 heterocycles. The number of aryl methyl sites for hydroxylation is 3.